The molecule has 0 N–H and O–H groups in total. The van der Waals surface area contributed by atoms with Gasteiger partial charge in [0.05, 0.1) is 0 Å². The van der Waals surface area contributed by atoms with Crippen LogP contribution >= 0.6 is 0 Å². The molecule has 0 aromatic rings. The lowest BCUT2D eigenvalue weighted by molar-refractivity contribution is -0.167. The van der Waals surface area contributed by atoms with Crippen molar-refractivity contribution in [3.8, 4) is 0 Å². The Balaban J connectivity index is 4.31. The lowest BCUT2D eigenvalue weighted by Crippen LogP contribution is -2.30. The molecule has 0 radical (unpaired) electrons. The van der Waals surface area contributed by atoms with E-state index in [1.54, 1.807) is 0 Å². The van der Waals surface area contributed by atoms with E-state index in [9.17, 15) is 14.4 Å². The third-order valence-corrected chi connectivity index (χ3v) is 12.9. The molecule has 6 heteroatoms. The highest BCUT2D eigenvalue weighted by Gasteiger charge is 2.19. The van der Waals surface area contributed by atoms with Crippen LogP contribution in [0.4, 0.5) is 0 Å². The lowest BCUT2D eigenvalue weighted by Gasteiger charge is -2.18. The van der Waals surface area contributed by atoms with Gasteiger partial charge in [-0.25, -0.2) is 0 Å². The number of hydrogen-bond acceptors (Lipinski definition) is 6. The molecule has 0 saturated heterocycles. The van der Waals surface area contributed by atoms with Gasteiger partial charge in [0, 0.05) is 19.3 Å². The van der Waals surface area contributed by atoms with Gasteiger partial charge in [0.2, 0.25) is 0 Å². The maximum Gasteiger partial charge on any atom is 0.306 e. The maximum absolute atomic E-state index is 12.8. The molecule has 0 aromatic heterocycles. The molecule has 2 atom stereocenters. The zero-order valence-electron chi connectivity index (χ0n) is 41.6. The average molecular weight is 863 g/mol. The van der Waals surface area contributed by atoms with Crippen LogP contribution in [0.3, 0.4) is 0 Å². The number of rotatable bonds is 50. The largest absolute Gasteiger partial charge is 0.462 e. The second-order valence-corrected chi connectivity index (χ2v) is 19.1. The van der Waals surface area contributed by atoms with Crippen molar-refractivity contribution in [3.05, 3.63) is 0 Å². The van der Waals surface area contributed by atoms with E-state index in [1.807, 2.05) is 0 Å². The van der Waals surface area contributed by atoms with Crippen LogP contribution in [0.5, 0.6) is 0 Å². The molecule has 0 bridgehead atoms. The van der Waals surface area contributed by atoms with Gasteiger partial charge in [-0.05, 0) is 25.2 Å². The van der Waals surface area contributed by atoms with E-state index in [0.717, 1.165) is 63.7 Å². The molecule has 0 aliphatic rings. The van der Waals surface area contributed by atoms with E-state index in [4.69, 9.17) is 14.2 Å². The molecule has 0 fully saturated rings. The average Bonchev–Trinajstić information content (AvgIpc) is 3.26. The zero-order valence-corrected chi connectivity index (χ0v) is 41.6. The van der Waals surface area contributed by atoms with Gasteiger partial charge in [-0.3, -0.25) is 14.4 Å². The first-order chi connectivity index (χ1) is 29.9. The minimum atomic E-state index is -0.761. The van der Waals surface area contributed by atoms with Gasteiger partial charge in [-0.2, -0.15) is 0 Å². The Hall–Kier alpha value is -1.59. The zero-order chi connectivity index (χ0) is 44.5. The fourth-order valence-electron chi connectivity index (χ4n) is 8.36. The van der Waals surface area contributed by atoms with Crippen LogP contribution in [0.15, 0.2) is 0 Å². The van der Waals surface area contributed by atoms with E-state index >= 15 is 0 Å². The summed E-state index contributed by atoms with van der Waals surface area (Å²) >= 11 is 0. The van der Waals surface area contributed by atoms with E-state index in [0.29, 0.717) is 19.3 Å². The molecular weight excluding hydrogens is 757 g/mol. The Bertz CT molecular complexity index is 920. The molecular formula is C55H106O6. The van der Waals surface area contributed by atoms with Crippen molar-refractivity contribution < 1.29 is 28.6 Å². The number of carbonyl (C=O) groups excluding carboxylic acids is 3. The highest BCUT2D eigenvalue weighted by atomic mass is 16.6. The first-order valence-electron chi connectivity index (χ1n) is 27.4. The summed E-state index contributed by atoms with van der Waals surface area (Å²) < 4.78 is 16.9. The molecule has 1 unspecified atom stereocenters. The van der Waals surface area contributed by atoms with Crippen LogP contribution in [-0.2, 0) is 28.6 Å². The van der Waals surface area contributed by atoms with Crippen molar-refractivity contribution in [2.75, 3.05) is 13.2 Å². The number of carbonyl (C=O) groups is 3. The van der Waals surface area contributed by atoms with Crippen LogP contribution in [0, 0.1) is 5.92 Å². The van der Waals surface area contributed by atoms with Crippen LogP contribution in [-0.4, -0.2) is 37.2 Å². The van der Waals surface area contributed by atoms with Crippen LogP contribution < -0.4 is 0 Å². The first kappa shape index (κ1) is 59.4. The first-order valence-corrected chi connectivity index (χ1v) is 27.4. The number of esters is 3. The smallest absolute Gasteiger partial charge is 0.306 e. The van der Waals surface area contributed by atoms with Gasteiger partial charge in [0.1, 0.15) is 13.2 Å². The standard InChI is InChI=1S/C55H106O6/c1-5-8-10-12-14-16-18-20-21-22-24-26-32-36-40-44-48-55(58)61-52(49-59-53(56)46-42-38-34-30-25-23-19-17-15-13-11-9-6-2)50-60-54(57)47-43-39-35-31-28-27-29-33-37-41-45-51(4)7-3/h51-52H,5-50H2,1-4H3/t51?,52-/m0/s1. The Morgan fingerprint density at radius 1 is 0.328 bits per heavy atom. The van der Waals surface area contributed by atoms with E-state index in [1.165, 1.54) is 205 Å². The fourth-order valence-corrected chi connectivity index (χ4v) is 8.36. The van der Waals surface area contributed by atoms with Crippen molar-refractivity contribution in [3.63, 3.8) is 0 Å². The van der Waals surface area contributed by atoms with Gasteiger partial charge in [-0.1, -0.05) is 272 Å². The van der Waals surface area contributed by atoms with Crippen molar-refractivity contribution in [2.45, 2.75) is 316 Å². The van der Waals surface area contributed by atoms with Gasteiger partial charge >= 0.3 is 17.9 Å². The number of unbranched alkanes of at least 4 members (excludes halogenated alkanes) is 36. The molecule has 362 valence electrons. The molecule has 0 saturated carbocycles. The Kier molecular flexibility index (Phi) is 48.1. The summed E-state index contributed by atoms with van der Waals surface area (Å²) in [6, 6.07) is 0. The number of ether oxygens (including phenoxy) is 3. The maximum atomic E-state index is 12.8. The topological polar surface area (TPSA) is 78.9 Å². The summed E-state index contributed by atoms with van der Waals surface area (Å²) in [5.41, 5.74) is 0. The predicted molar refractivity (Wildman–Crippen MR) is 261 cm³/mol. The van der Waals surface area contributed by atoms with Crippen LogP contribution in [0.25, 0.3) is 0 Å². The van der Waals surface area contributed by atoms with Gasteiger partial charge in [0.15, 0.2) is 6.10 Å². The minimum absolute atomic E-state index is 0.0624. The van der Waals surface area contributed by atoms with Crippen molar-refractivity contribution in [1.29, 1.82) is 0 Å². The second-order valence-electron chi connectivity index (χ2n) is 19.1. The summed E-state index contributed by atoms with van der Waals surface area (Å²) in [5, 5.41) is 0. The molecule has 0 spiro atoms. The van der Waals surface area contributed by atoms with Gasteiger partial charge in [-0.15, -0.1) is 0 Å². The monoisotopic (exact) mass is 863 g/mol. The second kappa shape index (κ2) is 49.4. The van der Waals surface area contributed by atoms with Crippen molar-refractivity contribution in [1.82, 2.24) is 0 Å². The summed E-state index contributed by atoms with van der Waals surface area (Å²) in [6.45, 7) is 9.06. The van der Waals surface area contributed by atoms with Crippen molar-refractivity contribution in [2.24, 2.45) is 5.92 Å². The highest BCUT2D eigenvalue weighted by Crippen LogP contribution is 2.18. The van der Waals surface area contributed by atoms with Crippen LogP contribution in [0.2, 0.25) is 0 Å². The Morgan fingerprint density at radius 3 is 0.852 bits per heavy atom. The molecule has 61 heavy (non-hydrogen) atoms. The molecule has 0 aromatic carbocycles. The van der Waals surface area contributed by atoms with E-state index < -0.39 is 6.10 Å². The summed E-state index contributed by atoms with van der Waals surface area (Å²) in [5.74, 6) is 0.0299. The third kappa shape index (κ3) is 47.7. The minimum Gasteiger partial charge on any atom is -0.462 e. The molecule has 0 amide bonds. The van der Waals surface area contributed by atoms with E-state index in [2.05, 4.69) is 27.7 Å². The van der Waals surface area contributed by atoms with E-state index in [-0.39, 0.29) is 31.1 Å². The molecule has 0 aliphatic heterocycles. The fraction of sp³-hybridized carbons (Fsp3) is 0.945. The van der Waals surface area contributed by atoms with Gasteiger partial charge in [0.25, 0.3) is 0 Å². The van der Waals surface area contributed by atoms with Crippen LogP contribution in [0.1, 0.15) is 310 Å². The molecule has 0 aliphatic carbocycles. The Morgan fingerprint density at radius 2 is 0.574 bits per heavy atom. The molecule has 6 nitrogen and oxygen atoms in total. The summed E-state index contributed by atoms with van der Waals surface area (Å²) in [6.07, 6.45) is 52.2. The highest BCUT2D eigenvalue weighted by molar-refractivity contribution is 5.71. The third-order valence-electron chi connectivity index (χ3n) is 12.9. The molecule has 0 heterocycles. The summed E-state index contributed by atoms with van der Waals surface area (Å²) in [7, 11) is 0. The number of hydrogen-bond donors (Lipinski definition) is 0. The lowest BCUT2D eigenvalue weighted by atomic mass is 9.99. The quantitative estimate of drug-likeness (QED) is 0.0344. The normalized spacial score (nSPS) is 12.4. The SMILES string of the molecule is CCCCCCCCCCCCCCCCCCC(=O)O[C@@H](COC(=O)CCCCCCCCCCCCCCC)COC(=O)CCCCCCCCCCCCC(C)CC. The Labute approximate surface area is 380 Å². The molecule has 0 rings (SSSR count). The predicted octanol–water partition coefficient (Wildman–Crippen LogP) is 17.8. The van der Waals surface area contributed by atoms with Crippen molar-refractivity contribution >= 4 is 17.9 Å². The van der Waals surface area contributed by atoms with Gasteiger partial charge < -0.3 is 14.2 Å². The summed E-state index contributed by atoms with van der Waals surface area (Å²) in [4.78, 5) is 38.0.